The smallest absolute Gasteiger partial charge is 0.335 e. The van der Waals surface area contributed by atoms with Gasteiger partial charge in [0, 0.05) is 0 Å². The van der Waals surface area contributed by atoms with Crippen LogP contribution in [0.3, 0.4) is 0 Å². The molecule has 1 N–H and O–H groups in total. The second-order valence-electron chi connectivity index (χ2n) is 2.28. The van der Waals surface area contributed by atoms with Crippen LogP contribution in [0.15, 0.2) is 12.1 Å². The molecule has 1 aromatic carbocycles. The molecule has 0 saturated heterocycles. The largest absolute Gasteiger partial charge is 0.491 e. The summed E-state index contributed by atoms with van der Waals surface area (Å²) in [5.41, 5.74) is -0.448. The zero-order valence-electron chi connectivity index (χ0n) is 6.67. The molecule has 70 valence electrons. The molecule has 0 unspecified atom stereocenters. The first-order valence-corrected chi connectivity index (χ1v) is 3.32. The summed E-state index contributed by atoms with van der Waals surface area (Å²) >= 11 is 0. The molecule has 0 aliphatic heterocycles. The maximum Gasteiger partial charge on any atom is 0.335 e. The van der Waals surface area contributed by atoms with Crippen LogP contribution in [0.2, 0.25) is 0 Å². The lowest BCUT2D eigenvalue weighted by molar-refractivity contribution is 0.0695. The summed E-state index contributed by atoms with van der Waals surface area (Å²) in [6.45, 7) is 0. The normalized spacial score (nSPS) is 9.77. The van der Waals surface area contributed by atoms with Crippen LogP contribution in [0.4, 0.5) is 8.78 Å². The van der Waals surface area contributed by atoms with E-state index in [9.17, 15) is 13.6 Å². The molecule has 13 heavy (non-hydrogen) atoms. The van der Waals surface area contributed by atoms with Gasteiger partial charge in [0.1, 0.15) is 0 Å². The number of methoxy groups -OCH3 is 1. The number of hydrogen-bond donors (Lipinski definition) is 1. The summed E-state index contributed by atoms with van der Waals surface area (Å²) in [5.74, 6) is -4.02. The SMILES string of the molecule is COc1c(F)cc(C(=O)O)cc1F. The number of halogens is 2. The fourth-order valence-corrected chi connectivity index (χ4v) is 0.878. The molecule has 0 aliphatic carbocycles. The van der Waals surface area contributed by atoms with E-state index in [4.69, 9.17) is 5.11 Å². The second kappa shape index (κ2) is 3.38. The zero-order valence-corrected chi connectivity index (χ0v) is 6.67. The zero-order chi connectivity index (χ0) is 10.0. The number of carbonyl (C=O) groups is 1. The number of rotatable bonds is 2. The molecule has 0 aliphatic rings. The van der Waals surface area contributed by atoms with Crippen LogP contribution in [0.5, 0.6) is 5.75 Å². The highest BCUT2D eigenvalue weighted by molar-refractivity contribution is 5.87. The first-order chi connectivity index (χ1) is 6.06. The van der Waals surface area contributed by atoms with Crippen molar-refractivity contribution in [2.24, 2.45) is 0 Å². The molecule has 0 bridgehead atoms. The number of ether oxygens (including phenoxy) is 1. The minimum absolute atomic E-state index is 0.448. The van der Waals surface area contributed by atoms with Gasteiger partial charge in [0.15, 0.2) is 17.4 Å². The number of benzene rings is 1. The third-order valence-electron chi connectivity index (χ3n) is 1.45. The van der Waals surface area contributed by atoms with E-state index in [1.54, 1.807) is 0 Å². The lowest BCUT2D eigenvalue weighted by Gasteiger charge is -2.03. The molecule has 0 amide bonds. The van der Waals surface area contributed by atoms with Gasteiger partial charge in [-0.2, -0.15) is 0 Å². The highest BCUT2D eigenvalue weighted by Crippen LogP contribution is 2.22. The summed E-state index contributed by atoms with van der Waals surface area (Å²) in [6.07, 6.45) is 0. The van der Waals surface area contributed by atoms with E-state index in [0.717, 1.165) is 7.11 Å². The summed E-state index contributed by atoms with van der Waals surface area (Å²) in [6, 6.07) is 1.40. The van der Waals surface area contributed by atoms with Crippen molar-refractivity contribution in [1.29, 1.82) is 0 Å². The summed E-state index contributed by atoms with van der Waals surface area (Å²) in [5, 5.41) is 8.42. The standard InChI is InChI=1S/C8H6F2O3/c1-13-7-5(9)2-4(8(11)12)3-6(7)10/h2-3H,1H3,(H,11,12). The number of carboxylic acids is 1. The van der Waals surface area contributed by atoms with Gasteiger partial charge >= 0.3 is 5.97 Å². The quantitative estimate of drug-likeness (QED) is 0.767. The highest BCUT2D eigenvalue weighted by Gasteiger charge is 2.14. The number of hydrogen-bond acceptors (Lipinski definition) is 2. The Hall–Kier alpha value is -1.65. The van der Waals surface area contributed by atoms with E-state index in [0.29, 0.717) is 12.1 Å². The summed E-state index contributed by atoms with van der Waals surface area (Å²) < 4.78 is 30.1. The van der Waals surface area contributed by atoms with Gasteiger partial charge < -0.3 is 9.84 Å². The Balaban J connectivity index is 3.28. The molecule has 0 fully saturated rings. The van der Waals surface area contributed by atoms with Gasteiger partial charge in [0.05, 0.1) is 12.7 Å². The van der Waals surface area contributed by atoms with Crippen molar-refractivity contribution in [3.8, 4) is 5.75 Å². The van der Waals surface area contributed by atoms with Crippen LogP contribution >= 0.6 is 0 Å². The maximum absolute atomic E-state index is 12.8. The predicted octanol–water partition coefficient (Wildman–Crippen LogP) is 1.67. The Morgan fingerprint density at radius 1 is 1.38 bits per heavy atom. The number of aromatic carboxylic acids is 1. The minimum atomic E-state index is -1.39. The topological polar surface area (TPSA) is 46.5 Å². The van der Waals surface area contributed by atoms with Crippen molar-refractivity contribution in [1.82, 2.24) is 0 Å². The van der Waals surface area contributed by atoms with E-state index in [-0.39, 0.29) is 0 Å². The van der Waals surface area contributed by atoms with Crippen LogP contribution in [-0.4, -0.2) is 18.2 Å². The lowest BCUT2D eigenvalue weighted by atomic mass is 10.2. The van der Waals surface area contributed by atoms with Crippen molar-refractivity contribution >= 4 is 5.97 Å². The van der Waals surface area contributed by atoms with Crippen molar-refractivity contribution in [3.05, 3.63) is 29.3 Å². The van der Waals surface area contributed by atoms with Crippen LogP contribution in [-0.2, 0) is 0 Å². The predicted molar refractivity (Wildman–Crippen MR) is 39.9 cm³/mol. The van der Waals surface area contributed by atoms with Crippen molar-refractivity contribution < 1.29 is 23.4 Å². The van der Waals surface area contributed by atoms with Gasteiger partial charge in [-0.15, -0.1) is 0 Å². The molecule has 0 atom stereocenters. The molecule has 0 spiro atoms. The third kappa shape index (κ3) is 1.74. The number of carboxylic acid groups (broad SMARTS) is 1. The van der Waals surface area contributed by atoms with E-state index < -0.39 is 28.9 Å². The molecule has 0 heterocycles. The Bertz CT molecular complexity index is 326. The van der Waals surface area contributed by atoms with Crippen molar-refractivity contribution in [2.75, 3.05) is 7.11 Å². The Kier molecular flexibility index (Phi) is 2.46. The first-order valence-electron chi connectivity index (χ1n) is 3.32. The minimum Gasteiger partial charge on any atom is -0.491 e. The van der Waals surface area contributed by atoms with Gasteiger partial charge in [-0.25, -0.2) is 13.6 Å². The Morgan fingerprint density at radius 3 is 2.15 bits per heavy atom. The van der Waals surface area contributed by atoms with Crippen LogP contribution < -0.4 is 4.74 Å². The fourth-order valence-electron chi connectivity index (χ4n) is 0.878. The molecule has 1 rings (SSSR count). The summed E-state index contributed by atoms with van der Waals surface area (Å²) in [4.78, 5) is 10.3. The van der Waals surface area contributed by atoms with E-state index in [2.05, 4.69) is 4.74 Å². The van der Waals surface area contributed by atoms with E-state index >= 15 is 0 Å². The van der Waals surface area contributed by atoms with Gasteiger partial charge in [-0.3, -0.25) is 0 Å². The van der Waals surface area contributed by atoms with E-state index in [1.165, 1.54) is 0 Å². The van der Waals surface area contributed by atoms with Gasteiger partial charge in [-0.05, 0) is 12.1 Å². The average Bonchev–Trinajstić information content (AvgIpc) is 2.03. The van der Waals surface area contributed by atoms with Crippen molar-refractivity contribution in [3.63, 3.8) is 0 Å². The van der Waals surface area contributed by atoms with Gasteiger partial charge in [0.25, 0.3) is 0 Å². The van der Waals surface area contributed by atoms with Gasteiger partial charge in [0.2, 0.25) is 0 Å². The van der Waals surface area contributed by atoms with Crippen LogP contribution in [0, 0.1) is 11.6 Å². The first kappa shape index (κ1) is 9.44. The van der Waals surface area contributed by atoms with E-state index in [1.807, 2.05) is 0 Å². The molecular formula is C8H6F2O3. The second-order valence-corrected chi connectivity index (χ2v) is 2.28. The molecule has 0 aromatic heterocycles. The molecule has 3 nitrogen and oxygen atoms in total. The van der Waals surface area contributed by atoms with Crippen LogP contribution in [0.25, 0.3) is 0 Å². The molecule has 0 radical (unpaired) electrons. The molecular weight excluding hydrogens is 182 g/mol. The fraction of sp³-hybridized carbons (Fsp3) is 0.125. The summed E-state index contributed by atoms with van der Waals surface area (Å²) in [7, 11) is 1.10. The Labute approximate surface area is 72.6 Å². The average molecular weight is 188 g/mol. The monoisotopic (exact) mass is 188 g/mol. The van der Waals surface area contributed by atoms with Crippen molar-refractivity contribution in [2.45, 2.75) is 0 Å². The highest BCUT2D eigenvalue weighted by atomic mass is 19.1. The lowest BCUT2D eigenvalue weighted by Crippen LogP contribution is -2.01. The van der Waals surface area contributed by atoms with Crippen LogP contribution in [0.1, 0.15) is 10.4 Å². The third-order valence-corrected chi connectivity index (χ3v) is 1.45. The molecule has 5 heteroatoms. The maximum atomic E-state index is 12.8. The molecule has 1 aromatic rings. The molecule has 0 saturated carbocycles. The Morgan fingerprint density at radius 2 is 1.85 bits per heavy atom. The van der Waals surface area contributed by atoms with Gasteiger partial charge in [-0.1, -0.05) is 0 Å².